The molecule has 2 rings (SSSR count). The second kappa shape index (κ2) is 8.68. The van der Waals surface area contributed by atoms with Crippen LogP contribution in [0.25, 0.3) is 10.9 Å². The molecule has 0 saturated heterocycles. The lowest BCUT2D eigenvalue weighted by molar-refractivity contribution is -0.143. The van der Waals surface area contributed by atoms with Crippen molar-refractivity contribution in [1.29, 1.82) is 0 Å². The van der Waals surface area contributed by atoms with Gasteiger partial charge in [0, 0.05) is 23.5 Å². The van der Waals surface area contributed by atoms with E-state index < -0.39 is 35.9 Å². The maximum Gasteiger partial charge on any atom is 0.326 e. The van der Waals surface area contributed by atoms with Crippen molar-refractivity contribution in [1.82, 2.24) is 15.6 Å². The molecule has 0 aliphatic heterocycles. The third kappa shape index (κ3) is 5.07. The first-order chi connectivity index (χ1) is 12.7. The molecule has 2 aromatic rings. The zero-order chi connectivity index (χ0) is 20.1. The maximum absolute atomic E-state index is 12.7. The SMILES string of the molecule is CC(N)C(=O)NC(Cc1c[nH]c2ccccc12)C(=O)NC(C(=O)O)C(C)C. The Morgan fingerprint density at radius 3 is 2.37 bits per heavy atom. The fourth-order valence-corrected chi connectivity index (χ4v) is 2.80. The number of para-hydroxylation sites is 1. The largest absolute Gasteiger partial charge is 0.480 e. The molecule has 0 saturated carbocycles. The Labute approximate surface area is 157 Å². The Balaban J connectivity index is 2.26. The van der Waals surface area contributed by atoms with Crippen molar-refractivity contribution in [3.8, 4) is 0 Å². The lowest BCUT2D eigenvalue weighted by Crippen LogP contribution is -2.55. The summed E-state index contributed by atoms with van der Waals surface area (Å²) in [6.07, 6.45) is 1.98. The number of hydrogen-bond acceptors (Lipinski definition) is 4. The Hall–Kier alpha value is -2.87. The normalized spacial score (nSPS) is 14.6. The van der Waals surface area contributed by atoms with Crippen LogP contribution in [0.15, 0.2) is 30.5 Å². The quantitative estimate of drug-likeness (QED) is 0.465. The molecule has 0 bridgehead atoms. The van der Waals surface area contributed by atoms with E-state index in [1.807, 2.05) is 24.3 Å². The van der Waals surface area contributed by atoms with Gasteiger partial charge in [0.15, 0.2) is 0 Å². The lowest BCUT2D eigenvalue weighted by Gasteiger charge is -2.23. The van der Waals surface area contributed by atoms with Crippen molar-refractivity contribution in [2.45, 2.75) is 45.3 Å². The first-order valence-corrected chi connectivity index (χ1v) is 8.84. The number of amides is 2. The zero-order valence-electron chi connectivity index (χ0n) is 15.7. The Morgan fingerprint density at radius 2 is 1.78 bits per heavy atom. The van der Waals surface area contributed by atoms with Crippen molar-refractivity contribution in [2.24, 2.45) is 11.7 Å². The highest BCUT2D eigenvalue weighted by Gasteiger charge is 2.29. The fraction of sp³-hybridized carbons (Fsp3) is 0.421. The molecular formula is C19H26N4O4. The number of carbonyl (C=O) groups excluding carboxylic acids is 2. The number of carboxylic acid groups (broad SMARTS) is 1. The molecule has 8 heteroatoms. The van der Waals surface area contributed by atoms with Gasteiger partial charge in [0.1, 0.15) is 12.1 Å². The second-order valence-corrected chi connectivity index (χ2v) is 6.98. The Morgan fingerprint density at radius 1 is 1.11 bits per heavy atom. The molecule has 146 valence electrons. The van der Waals surface area contributed by atoms with Crippen LogP contribution >= 0.6 is 0 Å². The highest BCUT2D eigenvalue weighted by Crippen LogP contribution is 2.19. The number of nitrogens with two attached hydrogens (primary N) is 1. The summed E-state index contributed by atoms with van der Waals surface area (Å²) in [5.41, 5.74) is 7.35. The van der Waals surface area contributed by atoms with Crippen LogP contribution in [0.1, 0.15) is 26.3 Å². The van der Waals surface area contributed by atoms with Crippen LogP contribution in [-0.2, 0) is 20.8 Å². The van der Waals surface area contributed by atoms with E-state index in [4.69, 9.17) is 5.73 Å². The molecule has 0 aliphatic rings. The summed E-state index contributed by atoms with van der Waals surface area (Å²) >= 11 is 0. The summed E-state index contributed by atoms with van der Waals surface area (Å²) in [6.45, 7) is 4.92. The minimum absolute atomic E-state index is 0.207. The highest BCUT2D eigenvalue weighted by molar-refractivity contribution is 5.92. The van der Waals surface area contributed by atoms with Crippen LogP contribution in [0, 0.1) is 5.92 Å². The van der Waals surface area contributed by atoms with E-state index >= 15 is 0 Å². The van der Waals surface area contributed by atoms with Gasteiger partial charge in [-0.25, -0.2) is 4.79 Å². The van der Waals surface area contributed by atoms with Crippen LogP contribution in [0.2, 0.25) is 0 Å². The summed E-state index contributed by atoms with van der Waals surface area (Å²) in [5.74, 6) is -2.46. The van der Waals surface area contributed by atoms with Gasteiger partial charge in [-0.3, -0.25) is 9.59 Å². The summed E-state index contributed by atoms with van der Waals surface area (Å²) in [5, 5.41) is 15.4. The number of carboxylic acids is 1. The predicted octanol–water partition coefficient (Wildman–Crippen LogP) is 0.768. The van der Waals surface area contributed by atoms with E-state index in [1.54, 1.807) is 20.0 Å². The van der Waals surface area contributed by atoms with Crippen molar-refractivity contribution in [2.75, 3.05) is 0 Å². The first kappa shape index (κ1) is 20.4. The van der Waals surface area contributed by atoms with Gasteiger partial charge in [-0.15, -0.1) is 0 Å². The number of nitrogens with one attached hydrogen (secondary N) is 3. The smallest absolute Gasteiger partial charge is 0.326 e. The van der Waals surface area contributed by atoms with Crippen molar-refractivity contribution in [3.05, 3.63) is 36.0 Å². The zero-order valence-corrected chi connectivity index (χ0v) is 15.7. The average Bonchev–Trinajstić information content (AvgIpc) is 3.01. The van der Waals surface area contributed by atoms with Gasteiger partial charge in [-0.2, -0.15) is 0 Å². The third-order valence-electron chi connectivity index (χ3n) is 4.38. The van der Waals surface area contributed by atoms with Crippen LogP contribution in [0.3, 0.4) is 0 Å². The summed E-state index contributed by atoms with van der Waals surface area (Å²) in [4.78, 5) is 39.3. The van der Waals surface area contributed by atoms with Crippen LogP contribution in [0.5, 0.6) is 0 Å². The molecule has 6 N–H and O–H groups in total. The number of fused-ring (bicyclic) bond motifs is 1. The number of aromatic nitrogens is 1. The van der Waals surface area contributed by atoms with E-state index in [0.717, 1.165) is 16.5 Å². The minimum Gasteiger partial charge on any atom is -0.480 e. The van der Waals surface area contributed by atoms with Crippen LogP contribution < -0.4 is 16.4 Å². The van der Waals surface area contributed by atoms with E-state index in [1.165, 1.54) is 6.92 Å². The number of aromatic amines is 1. The molecule has 27 heavy (non-hydrogen) atoms. The maximum atomic E-state index is 12.7. The molecule has 3 atom stereocenters. The third-order valence-corrected chi connectivity index (χ3v) is 4.38. The number of H-pyrrole nitrogens is 1. The summed E-state index contributed by atoms with van der Waals surface area (Å²) in [7, 11) is 0. The minimum atomic E-state index is -1.12. The van der Waals surface area contributed by atoms with Crippen molar-refractivity contribution >= 4 is 28.7 Å². The fourth-order valence-electron chi connectivity index (χ4n) is 2.80. The van der Waals surface area contributed by atoms with Gasteiger partial charge in [0.05, 0.1) is 6.04 Å². The number of carbonyl (C=O) groups is 3. The standard InChI is InChI=1S/C19H26N4O4/c1-10(2)16(19(26)27)23-18(25)15(22-17(24)11(3)20)8-12-9-21-14-7-5-4-6-13(12)14/h4-7,9-11,15-16,21H,8,20H2,1-3H3,(H,22,24)(H,23,25)(H,26,27). The topological polar surface area (TPSA) is 137 Å². The Kier molecular flexibility index (Phi) is 6.57. The Bertz CT molecular complexity index is 828. The molecule has 8 nitrogen and oxygen atoms in total. The van der Waals surface area contributed by atoms with Crippen LogP contribution in [-0.4, -0.2) is 46.0 Å². The van der Waals surface area contributed by atoms with Gasteiger partial charge in [0.2, 0.25) is 11.8 Å². The first-order valence-electron chi connectivity index (χ1n) is 8.84. The molecule has 1 heterocycles. The van der Waals surface area contributed by atoms with Gasteiger partial charge in [-0.1, -0.05) is 32.0 Å². The van der Waals surface area contributed by atoms with E-state index in [-0.39, 0.29) is 12.3 Å². The molecular weight excluding hydrogens is 348 g/mol. The van der Waals surface area contributed by atoms with E-state index in [2.05, 4.69) is 15.6 Å². The number of benzene rings is 1. The molecule has 0 fully saturated rings. The molecule has 0 radical (unpaired) electrons. The van der Waals surface area contributed by atoms with E-state index in [0.29, 0.717) is 0 Å². The van der Waals surface area contributed by atoms with Gasteiger partial charge in [-0.05, 0) is 24.5 Å². The highest BCUT2D eigenvalue weighted by atomic mass is 16.4. The summed E-state index contributed by atoms with van der Waals surface area (Å²) < 4.78 is 0. The molecule has 3 unspecified atom stereocenters. The van der Waals surface area contributed by atoms with Gasteiger partial charge < -0.3 is 26.5 Å². The van der Waals surface area contributed by atoms with Crippen LogP contribution in [0.4, 0.5) is 0 Å². The lowest BCUT2D eigenvalue weighted by atomic mass is 10.0. The van der Waals surface area contributed by atoms with Crippen molar-refractivity contribution in [3.63, 3.8) is 0 Å². The number of aliphatic carboxylic acids is 1. The number of rotatable bonds is 8. The predicted molar refractivity (Wildman–Crippen MR) is 102 cm³/mol. The number of hydrogen-bond donors (Lipinski definition) is 5. The molecule has 2 amide bonds. The van der Waals surface area contributed by atoms with Gasteiger partial charge in [0.25, 0.3) is 0 Å². The molecule has 1 aromatic heterocycles. The monoisotopic (exact) mass is 374 g/mol. The van der Waals surface area contributed by atoms with Gasteiger partial charge >= 0.3 is 5.97 Å². The average molecular weight is 374 g/mol. The molecule has 0 aliphatic carbocycles. The molecule has 0 spiro atoms. The summed E-state index contributed by atoms with van der Waals surface area (Å²) in [6, 6.07) is 4.83. The van der Waals surface area contributed by atoms with Crippen molar-refractivity contribution < 1.29 is 19.5 Å². The molecule has 1 aromatic carbocycles. The van der Waals surface area contributed by atoms with E-state index in [9.17, 15) is 19.5 Å². The second-order valence-electron chi connectivity index (χ2n) is 6.98.